The summed E-state index contributed by atoms with van der Waals surface area (Å²) in [4.78, 5) is 12.7. The lowest BCUT2D eigenvalue weighted by atomic mass is 10.1. The van der Waals surface area contributed by atoms with Gasteiger partial charge in [-0.25, -0.2) is 13.1 Å². The zero-order chi connectivity index (χ0) is 22.4. The second-order valence-corrected chi connectivity index (χ2v) is 9.71. The fourth-order valence-electron chi connectivity index (χ4n) is 3.35. The molecule has 1 fully saturated rings. The van der Waals surface area contributed by atoms with E-state index < -0.39 is 10.0 Å². The van der Waals surface area contributed by atoms with Crippen LogP contribution in [-0.2, 0) is 14.8 Å². The molecule has 168 valence electrons. The average Bonchev–Trinajstić information content (AvgIpc) is 3.26. The molecular weight excluding hydrogens is 416 g/mol. The van der Waals surface area contributed by atoms with Gasteiger partial charge in [0.1, 0.15) is 5.75 Å². The molecule has 2 aromatic rings. The van der Waals surface area contributed by atoms with Crippen molar-refractivity contribution in [3.05, 3.63) is 59.7 Å². The van der Waals surface area contributed by atoms with Gasteiger partial charge >= 0.3 is 0 Å². The molecule has 0 spiro atoms. The van der Waals surface area contributed by atoms with Gasteiger partial charge in [-0.2, -0.15) is 0 Å². The minimum absolute atomic E-state index is 0.0766. The highest BCUT2D eigenvalue weighted by molar-refractivity contribution is 7.89. The first kappa shape index (κ1) is 23.2. The monoisotopic (exact) mass is 446 g/mol. The van der Waals surface area contributed by atoms with Crippen LogP contribution in [0.5, 0.6) is 5.75 Å². The normalized spacial score (nSPS) is 17.5. The number of carbonyl (C=O) groups excluding carboxylic acids is 1. The van der Waals surface area contributed by atoms with Crippen molar-refractivity contribution >= 4 is 15.9 Å². The van der Waals surface area contributed by atoms with Crippen molar-refractivity contribution in [1.82, 2.24) is 10.0 Å². The first-order valence-corrected chi connectivity index (χ1v) is 12.0. The predicted molar refractivity (Wildman–Crippen MR) is 119 cm³/mol. The molecule has 8 heteroatoms. The molecule has 1 aliphatic rings. The largest absolute Gasteiger partial charge is 0.491 e. The SMILES string of the molecule is CC(C)Oc1ccc(C(C)NC(=O)c2ccc(S(=O)(=O)NCC3CCCO3)cc2)cc1. The summed E-state index contributed by atoms with van der Waals surface area (Å²) in [6.45, 7) is 6.75. The second-order valence-electron chi connectivity index (χ2n) is 7.94. The summed E-state index contributed by atoms with van der Waals surface area (Å²) in [5.41, 5.74) is 1.34. The minimum atomic E-state index is -3.64. The van der Waals surface area contributed by atoms with E-state index >= 15 is 0 Å². The number of hydrogen-bond acceptors (Lipinski definition) is 5. The van der Waals surface area contributed by atoms with Gasteiger partial charge in [0, 0.05) is 18.7 Å². The van der Waals surface area contributed by atoms with Gasteiger partial charge in [-0.3, -0.25) is 4.79 Å². The zero-order valence-corrected chi connectivity index (χ0v) is 18.9. The van der Waals surface area contributed by atoms with E-state index in [0.29, 0.717) is 12.2 Å². The quantitative estimate of drug-likeness (QED) is 0.616. The number of carbonyl (C=O) groups is 1. The van der Waals surface area contributed by atoms with Gasteiger partial charge in [0.2, 0.25) is 10.0 Å². The van der Waals surface area contributed by atoms with Crippen molar-refractivity contribution in [2.75, 3.05) is 13.2 Å². The van der Waals surface area contributed by atoms with Crippen molar-refractivity contribution in [3.8, 4) is 5.75 Å². The van der Waals surface area contributed by atoms with Crippen molar-refractivity contribution in [2.45, 2.75) is 56.8 Å². The molecular formula is C23H30N2O5S. The maximum atomic E-state index is 12.6. The number of amides is 1. The smallest absolute Gasteiger partial charge is 0.251 e. The van der Waals surface area contributed by atoms with E-state index in [-0.39, 0.29) is 35.6 Å². The highest BCUT2D eigenvalue weighted by Crippen LogP contribution is 2.19. The summed E-state index contributed by atoms with van der Waals surface area (Å²) in [5, 5.41) is 2.93. The molecule has 2 aromatic carbocycles. The van der Waals surface area contributed by atoms with Gasteiger partial charge in [0.25, 0.3) is 5.91 Å². The Hall–Kier alpha value is -2.42. The molecule has 2 atom stereocenters. The summed E-state index contributed by atoms with van der Waals surface area (Å²) in [7, 11) is -3.64. The first-order valence-electron chi connectivity index (χ1n) is 10.5. The van der Waals surface area contributed by atoms with Crippen molar-refractivity contribution in [2.24, 2.45) is 0 Å². The minimum Gasteiger partial charge on any atom is -0.491 e. The molecule has 2 unspecified atom stereocenters. The highest BCUT2D eigenvalue weighted by Gasteiger charge is 2.21. The Morgan fingerprint density at radius 1 is 1.10 bits per heavy atom. The van der Waals surface area contributed by atoms with E-state index in [1.807, 2.05) is 45.0 Å². The van der Waals surface area contributed by atoms with Gasteiger partial charge in [-0.15, -0.1) is 0 Å². The summed E-state index contributed by atoms with van der Waals surface area (Å²) in [5.74, 6) is 0.508. The molecule has 0 saturated carbocycles. The third-order valence-electron chi connectivity index (χ3n) is 5.05. The number of ether oxygens (including phenoxy) is 2. The van der Waals surface area contributed by atoms with E-state index in [4.69, 9.17) is 9.47 Å². The number of sulfonamides is 1. The molecule has 1 saturated heterocycles. The van der Waals surface area contributed by atoms with Gasteiger partial charge < -0.3 is 14.8 Å². The third kappa shape index (κ3) is 6.53. The predicted octanol–water partition coefficient (Wildman–Crippen LogP) is 3.42. The second kappa shape index (κ2) is 10.3. The lowest BCUT2D eigenvalue weighted by molar-refractivity contribution is 0.0939. The van der Waals surface area contributed by atoms with E-state index in [9.17, 15) is 13.2 Å². The van der Waals surface area contributed by atoms with E-state index in [2.05, 4.69) is 10.0 Å². The molecule has 1 aliphatic heterocycles. The van der Waals surface area contributed by atoms with Gasteiger partial charge in [0.15, 0.2) is 0 Å². The van der Waals surface area contributed by atoms with Gasteiger partial charge in [-0.05, 0) is 75.6 Å². The first-order chi connectivity index (χ1) is 14.7. The van der Waals surface area contributed by atoms with Crippen LogP contribution in [0.2, 0.25) is 0 Å². The van der Waals surface area contributed by atoms with Crippen molar-refractivity contribution < 1.29 is 22.7 Å². The maximum absolute atomic E-state index is 12.6. The summed E-state index contributed by atoms with van der Waals surface area (Å²) in [6.07, 6.45) is 1.82. The number of benzene rings is 2. The van der Waals surface area contributed by atoms with Crippen LogP contribution in [0.4, 0.5) is 0 Å². The molecule has 1 amide bonds. The molecule has 0 radical (unpaired) electrons. The zero-order valence-electron chi connectivity index (χ0n) is 18.1. The Morgan fingerprint density at radius 2 is 1.77 bits per heavy atom. The standard InChI is InChI=1S/C23H30N2O5S/c1-16(2)30-20-10-6-18(7-11-20)17(3)25-23(26)19-8-12-22(13-9-19)31(27,28)24-15-21-5-4-14-29-21/h6-13,16-17,21,24H,4-5,14-15H2,1-3H3,(H,25,26). The molecule has 1 heterocycles. The fraction of sp³-hybridized carbons (Fsp3) is 0.435. The number of rotatable bonds is 9. The van der Waals surface area contributed by atoms with Crippen molar-refractivity contribution in [3.63, 3.8) is 0 Å². The maximum Gasteiger partial charge on any atom is 0.251 e. The highest BCUT2D eigenvalue weighted by atomic mass is 32.2. The van der Waals surface area contributed by atoms with Crippen molar-refractivity contribution in [1.29, 1.82) is 0 Å². The molecule has 0 bridgehead atoms. The lowest BCUT2D eigenvalue weighted by Crippen LogP contribution is -2.32. The molecule has 7 nitrogen and oxygen atoms in total. The molecule has 0 aromatic heterocycles. The fourth-order valence-corrected chi connectivity index (χ4v) is 4.41. The Labute approximate surface area is 184 Å². The Morgan fingerprint density at radius 3 is 2.35 bits per heavy atom. The summed E-state index contributed by atoms with van der Waals surface area (Å²) < 4.78 is 38.6. The van der Waals surface area contributed by atoms with E-state index in [1.165, 1.54) is 24.3 Å². The van der Waals surface area contributed by atoms with E-state index in [1.54, 1.807) is 0 Å². The molecule has 0 aliphatic carbocycles. The number of hydrogen-bond donors (Lipinski definition) is 2. The van der Waals surface area contributed by atoms with Crippen LogP contribution < -0.4 is 14.8 Å². The van der Waals surface area contributed by atoms with Crippen LogP contribution in [0.1, 0.15) is 55.6 Å². The van der Waals surface area contributed by atoms with Crippen LogP contribution in [0.25, 0.3) is 0 Å². The summed E-state index contributed by atoms with van der Waals surface area (Å²) >= 11 is 0. The lowest BCUT2D eigenvalue weighted by Gasteiger charge is -2.16. The summed E-state index contributed by atoms with van der Waals surface area (Å²) in [6, 6.07) is 13.3. The third-order valence-corrected chi connectivity index (χ3v) is 6.49. The van der Waals surface area contributed by atoms with Crippen LogP contribution in [-0.4, -0.2) is 39.7 Å². The van der Waals surface area contributed by atoms with Crippen LogP contribution in [0.15, 0.2) is 53.4 Å². The van der Waals surface area contributed by atoms with Gasteiger partial charge in [-0.1, -0.05) is 12.1 Å². The molecule has 31 heavy (non-hydrogen) atoms. The Balaban J connectivity index is 1.57. The van der Waals surface area contributed by atoms with E-state index in [0.717, 1.165) is 24.2 Å². The van der Waals surface area contributed by atoms with Crippen LogP contribution in [0, 0.1) is 0 Å². The molecule has 2 N–H and O–H groups in total. The number of nitrogens with one attached hydrogen (secondary N) is 2. The van der Waals surface area contributed by atoms with Crippen LogP contribution in [0.3, 0.4) is 0 Å². The Kier molecular flexibility index (Phi) is 7.69. The Bertz CT molecular complexity index is 966. The molecule has 3 rings (SSSR count). The topological polar surface area (TPSA) is 93.7 Å². The van der Waals surface area contributed by atoms with Crippen LogP contribution >= 0.6 is 0 Å². The average molecular weight is 447 g/mol. The van der Waals surface area contributed by atoms with Gasteiger partial charge in [0.05, 0.1) is 23.1 Å².